The number of aliphatic imine (C=N–C) groups is 1. The van der Waals surface area contributed by atoms with Crippen LogP contribution in [0.1, 0.15) is 26.7 Å². The lowest BCUT2D eigenvalue weighted by atomic mass is 10.3. The van der Waals surface area contributed by atoms with Crippen molar-refractivity contribution in [1.82, 2.24) is 4.90 Å². The number of hydrogen-bond acceptors (Lipinski definition) is 1. The first kappa shape index (κ1) is 12.1. The standard InChI is InChI=1S/C9H16F3N3/c1-6(2)15(5-9(10,11)12)8(13)14-7-3-4-7/h6-7H,3-5H2,1-2H3,(H2,13,14). The molecular formula is C9H16F3N3. The molecule has 0 aromatic carbocycles. The van der Waals surface area contributed by atoms with Crippen LogP contribution in [0.4, 0.5) is 13.2 Å². The molecule has 1 saturated carbocycles. The minimum absolute atomic E-state index is 0.00447. The van der Waals surface area contributed by atoms with E-state index in [2.05, 4.69) is 4.99 Å². The van der Waals surface area contributed by atoms with E-state index < -0.39 is 12.7 Å². The lowest BCUT2D eigenvalue weighted by molar-refractivity contribution is -0.140. The zero-order valence-electron chi connectivity index (χ0n) is 8.88. The van der Waals surface area contributed by atoms with Crippen LogP contribution in [0.15, 0.2) is 4.99 Å². The van der Waals surface area contributed by atoms with Gasteiger partial charge in [-0.3, -0.25) is 0 Å². The van der Waals surface area contributed by atoms with Crippen molar-refractivity contribution in [3.8, 4) is 0 Å². The molecule has 0 spiro atoms. The molecule has 0 aromatic rings. The van der Waals surface area contributed by atoms with Crippen LogP contribution in [-0.4, -0.2) is 35.7 Å². The largest absolute Gasteiger partial charge is 0.406 e. The van der Waals surface area contributed by atoms with Gasteiger partial charge in [-0.1, -0.05) is 0 Å². The van der Waals surface area contributed by atoms with Gasteiger partial charge in [0.05, 0.1) is 6.04 Å². The van der Waals surface area contributed by atoms with Crippen molar-refractivity contribution < 1.29 is 13.2 Å². The Morgan fingerprint density at radius 2 is 2.00 bits per heavy atom. The van der Waals surface area contributed by atoms with Crippen molar-refractivity contribution in [2.45, 2.75) is 44.9 Å². The van der Waals surface area contributed by atoms with Gasteiger partial charge >= 0.3 is 6.18 Å². The quantitative estimate of drug-likeness (QED) is 0.585. The normalized spacial score (nSPS) is 18.4. The molecule has 1 aliphatic rings. The first-order valence-corrected chi connectivity index (χ1v) is 4.96. The van der Waals surface area contributed by atoms with Crippen LogP contribution < -0.4 is 5.73 Å². The summed E-state index contributed by atoms with van der Waals surface area (Å²) in [5, 5.41) is 0. The summed E-state index contributed by atoms with van der Waals surface area (Å²) in [4.78, 5) is 5.10. The Labute approximate surface area is 87.1 Å². The monoisotopic (exact) mass is 223 g/mol. The summed E-state index contributed by atoms with van der Waals surface area (Å²) in [6.07, 6.45) is -2.38. The third-order valence-electron chi connectivity index (χ3n) is 2.13. The maximum absolute atomic E-state index is 12.2. The number of alkyl halides is 3. The molecule has 3 nitrogen and oxygen atoms in total. The van der Waals surface area contributed by atoms with Gasteiger partial charge in [-0.25, -0.2) is 4.99 Å². The highest BCUT2D eigenvalue weighted by Crippen LogP contribution is 2.24. The highest BCUT2D eigenvalue weighted by molar-refractivity contribution is 5.78. The van der Waals surface area contributed by atoms with E-state index in [1.807, 2.05) is 0 Å². The second kappa shape index (κ2) is 4.28. The average molecular weight is 223 g/mol. The van der Waals surface area contributed by atoms with Gasteiger partial charge in [-0.15, -0.1) is 0 Å². The van der Waals surface area contributed by atoms with Crippen LogP contribution >= 0.6 is 0 Å². The summed E-state index contributed by atoms with van der Waals surface area (Å²) in [5.74, 6) is 0.00447. The van der Waals surface area contributed by atoms with Gasteiger partial charge in [-0.2, -0.15) is 13.2 Å². The third kappa shape index (κ3) is 4.40. The minimum Gasteiger partial charge on any atom is -0.370 e. The molecule has 0 saturated heterocycles. The van der Waals surface area contributed by atoms with Crippen LogP contribution in [0, 0.1) is 0 Å². The highest BCUT2D eigenvalue weighted by atomic mass is 19.4. The molecule has 0 aromatic heterocycles. The summed E-state index contributed by atoms with van der Waals surface area (Å²) in [6.45, 7) is 2.30. The van der Waals surface area contributed by atoms with Crippen molar-refractivity contribution in [1.29, 1.82) is 0 Å². The van der Waals surface area contributed by atoms with Crippen LogP contribution in [-0.2, 0) is 0 Å². The molecule has 0 atom stereocenters. The van der Waals surface area contributed by atoms with Crippen molar-refractivity contribution in [3.05, 3.63) is 0 Å². The Bertz CT molecular complexity index is 243. The lowest BCUT2D eigenvalue weighted by Crippen LogP contribution is -2.47. The fourth-order valence-corrected chi connectivity index (χ4v) is 1.19. The lowest BCUT2D eigenvalue weighted by Gasteiger charge is -2.28. The van der Waals surface area contributed by atoms with Gasteiger partial charge in [0.1, 0.15) is 6.54 Å². The molecule has 0 heterocycles. The number of nitrogens with two attached hydrogens (primary N) is 1. The molecule has 0 radical (unpaired) electrons. The minimum atomic E-state index is -4.24. The fourth-order valence-electron chi connectivity index (χ4n) is 1.19. The molecular weight excluding hydrogens is 207 g/mol. The molecule has 2 N–H and O–H groups in total. The van der Waals surface area contributed by atoms with Crippen LogP contribution in [0.25, 0.3) is 0 Å². The van der Waals surface area contributed by atoms with Gasteiger partial charge in [0, 0.05) is 6.04 Å². The maximum Gasteiger partial charge on any atom is 0.406 e. The number of guanidine groups is 1. The molecule has 1 rings (SSSR count). The van der Waals surface area contributed by atoms with E-state index in [4.69, 9.17) is 5.73 Å². The molecule has 0 aliphatic heterocycles. The van der Waals surface area contributed by atoms with Gasteiger partial charge in [0.2, 0.25) is 0 Å². The molecule has 6 heteroatoms. The van der Waals surface area contributed by atoms with Crippen molar-refractivity contribution >= 4 is 5.96 Å². The summed E-state index contributed by atoms with van der Waals surface area (Å²) in [6, 6.07) is -0.159. The fraction of sp³-hybridized carbons (Fsp3) is 0.889. The van der Waals surface area contributed by atoms with E-state index in [0.717, 1.165) is 17.7 Å². The van der Waals surface area contributed by atoms with Gasteiger partial charge in [0.25, 0.3) is 0 Å². The molecule has 0 amide bonds. The smallest absolute Gasteiger partial charge is 0.370 e. The summed E-state index contributed by atoms with van der Waals surface area (Å²) < 4.78 is 36.7. The molecule has 15 heavy (non-hydrogen) atoms. The topological polar surface area (TPSA) is 41.6 Å². The zero-order chi connectivity index (χ0) is 11.6. The predicted octanol–water partition coefficient (Wildman–Crippen LogP) is 1.74. The van der Waals surface area contributed by atoms with Crippen molar-refractivity contribution in [3.63, 3.8) is 0 Å². The van der Waals surface area contributed by atoms with Gasteiger partial charge in [0.15, 0.2) is 5.96 Å². The van der Waals surface area contributed by atoms with E-state index in [0.29, 0.717) is 0 Å². The summed E-state index contributed by atoms with van der Waals surface area (Å²) in [7, 11) is 0. The second-order valence-electron chi connectivity index (χ2n) is 4.06. The number of rotatable bonds is 3. The van der Waals surface area contributed by atoms with E-state index in [9.17, 15) is 13.2 Å². The van der Waals surface area contributed by atoms with Crippen LogP contribution in [0.2, 0.25) is 0 Å². The number of nitrogens with zero attached hydrogens (tertiary/aromatic N) is 2. The van der Waals surface area contributed by atoms with E-state index in [-0.39, 0.29) is 18.0 Å². The Kier molecular flexibility index (Phi) is 3.46. The summed E-state index contributed by atoms with van der Waals surface area (Å²) >= 11 is 0. The Hall–Kier alpha value is -0.940. The van der Waals surface area contributed by atoms with Gasteiger partial charge in [-0.05, 0) is 26.7 Å². The van der Waals surface area contributed by atoms with E-state index >= 15 is 0 Å². The SMILES string of the molecule is CC(C)N(CC(F)(F)F)C(N)=NC1CC1. The molecule has 0 bridgehead atoms. The Morgan fingerprint density at radius 3 is 2.33 bits per heavy atom. The predicted molar refractivity (Wildman–Crippen MR) is 52.5 cm³/mol. The van der Waals surface area contributed by atoms with Crippen LogP contribution in [0.5, 0.6) is 0 Å². The highest BCUT2D eigenvalue weighted by Gasteiger charge is 2.33. The van der Waals surface area contributed by atoms with Crippen molar-refractivity contribution in [2.24, 2.45) is 10.7 Å². The van der Waals surface area contributed by atoms with Gasteiger partial charge < -0.3 is 10.6 Å². The number of hydrogen-bond donors (Lipinski definition) is 1. The second-order valence-corrected chi connectivity index (χ2v) is 4.06. The Balaban J connectivity index is 2.64. The van der Waals surface area contributed by atoms with E-state index in [1.54, 1.807) is 13.8 Å². The Morgan fingerprint density at radius 1 is 1.47 bits per heavy atom. The first-order valence-electron chi connectivity index (χ1n) is 4.96. The molecule has 88 valence electrons. The third-order valence-corrected chi connectivity index (χ3v) is 2.13. The average Bonchev–Trinajstić information content (AvgIpc) is 2.81. The van der Waals surface area contributed by atoms with E-state index in [1.165, 1.54) is 0 Å². The first-order chi connectivity index (χ1) is 6.79. The maximum atomic E-state index is 12.2. The molecule has 0 unspecified atom stereocenters. The van der Waals surface area contributed by atoms with Crippen molar-refractivity contribution in [2.75, 3.05) is 6.54 Å². The molecule has 1 fully saturated rings. The summed E-state index contributed by atoms with van der Waals surface area (Å²) in [5.41, 5.74) is 5.54. The molecule has 1 aliphatic carbocycles. The van der Waals surface area contributed by atoms with Crippen LogP contribution in [0.3, 0.4) is 0 Å². The zero-order valence-corrected chi connectivity index (χ0v) is 8.88. The number of halogens is 3.